The fraction of sp³-hybridized carbons (Fsp3) is 0.125. The summed E-state index contributed by atoms with van der Waals surface area (Å²) in [6.07, 6.45) is 0.0856. The van der Waals surface area contributed by atoms with Crippen LogP contribution in [0.25, 0.3) is 33.2 Å². The summed E-state index contributed by atoms with van der Waals surface area (Å²) < 4.78 is 7.45. The quantitative estimate of drug-likeness (QED) is 0.269. The predicted molar refractivity (Wildman–Crippen MR) is 143 cm³/mol. The summed E-state index contributed by atoms with van der Waals surface area (Å²) in [5.74, 6) is -0.330. The van der Waals surface area contributed by atoms with Crippen molar-refractivity contribution in [3.05, 3.63) is 130 Å². The standard InChI is InChI=1S/C32H25NO3/c1-21-16-17-25-27(18-21)32(35)33-28(19-29(34)36-20-22-10-4-2-5-11-22)24-14-8-9-15-26(24)31(33)30(25)23-12-6-3-7-13-23/h2-18,28H,19-20H2,1H3. The molecule has 36 heavy (non-hydrogen) atoms. The molecule has 1 unspecified atom stereocenters. The van der Waals surface area contributed by atoms with E-state index in [2.05, 4.69) is 12.1 Å². The van der Waals surface area contributed by atoms with Crippen molar-refractivity contribution < 1.29 is 9.53 Å². The van der Waals surface area contributed by atoms with Gasteiger partial charge in [-0.3, -0.25) is 14.2 Å². The van der Waals surface area contributed by atoms with E-state index in [1.165, 1.54) is 0 Å². The summed E-state index contributed by atoms with van der Waals surface area (Å²) >= 11 is 0. The number of fused-ring (bicyclic) bond motifs is 4. The highest BCUT2D eigenvalue weighted by Crippen LogP contribution is 2.46. The second kappa shape index (κ2) is 8.97. The third-order valence-electron chi connectivity index (χ3n) is 6.92. The first-order chi connectivity index (χ1) is 17.6. The molecule has 4 aromatic carbocycles. The van der Waals surface area contributed by atoms with E-state index in [1.807, 2.05) is 102 Å². The third kappa shape index (κ3) is 3.72. The van der Waals surface area contributed by atoms with Crippen molar-refractivity contribution in [3.8, 4) is 22.4 Å². The van der Waals surface area contributed by atoms with Crippen LogP contribution in [0.5, 0.6) is 0 Å². The minimum atomic E-state index is -0.431. The van der Waals surface area contributed by atoms with Crippen molar-refractivity contribution in [3.63, 3.8) is 0 Å². The molecule has 0 saturated heterocycles. The Labute approximate surface area is 209 Å². The summed E-state index contributed by atoms with van der Waals surface area (Å²) in [7, 11) is 0. The molecule has 1 aliphatic heterocycles. The van der Waals surface area contributed by atoms with E-state index in [-0.39, 0.29) is 24.6 Å². The van der Waals surface area contributed by atoms with E-state index in [1.54, 1.807) is 0 Å². The second-order valence-corrected chi connectivity index (χ2v) is 9.27. The number of carbonyl (C=O) groups is 1. The lowest BCUT2D eigenvalue weighted by Crippen LogP contribution is -2.26. The van der Waals surface area contributed by atoms with E-state index in [4.69, 9.17) is 4.74 Å². The van der Waals surface area contributed by atoms with Gasteiger partial charge < -0.3 is 4.74 Å². The first kappa shape index (κ1) is 22.1. The van der Waals surface area contributed by atoms with Crippen molar-refractivity contribution >= 4 is 16.7 Å². The highest BCUT2D eigenvalue weighted by molar-refractivity contribution is 6.04. The molecule has 0 saturated carbocycles. The number of carbonyl (C=O) groups excluding carboxylic acids is 1. The lowest BCUT2D eigenvalue weighted by molar-refractivity contribution is -0.145. The Kier molecular flexibility index (Phi) is 5.49. The van der Waals surface area contributed by atoms with Gasteiger partial charge in [0.05, 0.1) is 18.2 Å². The number of nitrogens with zero attached hydrogens (tertiary/aromatic N) is 1. The largest absolute Gasteiger partial charge is 0.461 e. The molecular formula is C32H25NO3. The number of benzene rings is 4. The Balaban J connectivity index is 1.52. The molecule has 1 aliphatic rings. The molecule has 1 atom stereocenters. The molecule has 0 bridgehead atoms. The number of pyridine rings is 1. The first-order valence-corrected chi connectivity index (χ1v) is 12.1. The van der Waals surface area contributed by atoms with Gasteiger partial charge in [0.2, 0.25) is 0 Å². The van der Waals surface area contributed by atoms with Crippen molar-refractivity contribution in [2.75, 3.05) is 0 Å². The molecule has 4 heteroatoms. The first-order valence-electron chi connectivity index (χ1n) is 12.1. The van der Waals surface area contributed by atoms with Gasteiger partial charge in [-0.25, -0.2) is 0 Å². The molecule has 2 heterocycles. The monoisotopic (exact) mass is 471 g/mol. The zero-order valence-electron chi connectivity index (χ0n) is 20.0. The minimum Gasteiger partial charge on any atom is -0.461 e. The Hall–Kier alpha value is -4.44. The summed E-state index contributed by atoms with van der Waals surface area (Å²) in [6, 6.07) is 33.4. The molecule has 176 valence electrons. The van der Waals surface area contributed by atoms with Crippen LogP contribution in [0.15, 0.2) is 108 Å². The van der Waals surface area contributed by atoms with Gasteiger partial charge in [-0.05, 0) is 35.1 Å². The predicted octanol–water partition coefficient (Wildman–Crippen LogP) is 6.68. The lowest BCUT2D eigenvalue weighted by Gasteiger charge is -2.19. The Morgan fingerprint density at radius 1 is 0.833 bits per heavy atom. The molecule has 4 nitrogen and oxygen atoms in total. The van der Waals surface area contributed by atoms with Crippen LogP contribution in [-0.4, -0.2) is 10.5 Å². The lowest BCUT2D eigenvalue weighted by atomic mass is 9.93. The van der Waals surface area contributed by atoms with Gasteiger partial charge in [-0.1, -0.05) is 103 Å². The van der Waals surface area contributed by atoms with Gasteiger partial charge in [0.25, 0.3) is 5.56 Å². The summed E-state index contributed by atoms with van der Waals surface area (Å²) in [6.45, 7) is 2.20. The van der Waals surface area contributed by atoms with E-state index < -0.39 is 6.04 Å². The van der Waals surface area contributed by atoms with Gasteiger partial charge in [-0.2, -0.15) is 0 Å². The van der Waals surface area contributed by atoms with Gasteiger partial charge in [0.1, 0.15) is 6.61 Å². The van der Waals surface area contributed by atoms with Crippen LogP contribution in [0.4, 0.5) is 0 Å². The van der Waals surface area contributed by atoms with Crippen LogP contribution in [0.3, 0.4) is 0 Å². The van der Waals surface area contributed by atoms with E-state index in [0.29, 0.717) is 5.39 Å². The Morgan fingerprint density at radius 3 is 2.31 bits per heavy atom. The number of aromatic nitrogens is 1. The normalized spacial score (nSPS) is 13.9. The van der Waals surface area contributed by atoms with Gasteiger partial charge in [-0.15, -0.1) is 0 Å². The van der Waals surface area contributed by atoms with E-state index in [9.17, 15) is 9.59 Å². The maximum Gasteiger partial charge on any atom is 0.308 e. The molecule has 6 rings (SSSR count). The number of hydrogen-bond donors (Lipinski definition) is 0. The molecule has 1 aromatic heterocycles. The molecule has 0 amide bonds. The van der Waals surface area contributed by atoms with Crippen LogP contribution < -0.4 is 5.56 Å². The average molecular weight is 472 g/mol. The van der Waals surface area contributed by atoms with Crippen LogP contribution in [0, 0.1) is 6.92 Å². The van der Waals surface area contributed by atoms with Crippen LogP contribution in [-0.2, 0) is 16.1 Å². The minimum absolute atomic E-state index is 0.0829. The topological polar surface area (TPSA) is 48.3 Å². The molecular weight excluding hydrogens is 446 g/mol. The maximum atomic E-state index is 14.0. The number of esters is 1. The summed E-state index contributed by atoms with van der Waals surface area (Å²) in [5, 5.41) is 1.58. The fourth-order valence-electron chi connectivity index (χ4n) is 5.29. The number of ether oxygens (including phenoxy) is 1. The Bertz CT molecular complexity index is 1650. The zero-order chi connectivity index (χ0) is 24.6. The third-order valence-corrected chi connectivity index (χ3v) is 6.92. The SMILES string of the molecule is Cc1ccc2c(-c3ccccc3)c3n(c(=O)c2c1)C(CC(=O)OCc1ccccc1)c1ccccc1-3. The van der Waals surface area contributed by atoms with Crippen molar-refractivity contribution in [2.24, 2.45) is 0 Å². The van der Waals surface area contributed by atoms with Crippen molar-refractivity contribution in [1.82, 2.24) is 4.57 Å². The maximum absolute atomic E-state index is 14.0. The zero-order valence-corrected chi connectivity index (χ0v) is 20.0. The van der Waals surface area contributed by atoms with E-state index in [0.717, 1.165) is 44.5 Å². The van der Waals surface area contributed by atoms with Gasteiger partial charge >= 0.3 is 5.97 Å². The van der Waals surface area contributed by atoms with Crippen LogP contribution >= 0.6 is 0 Å². The van der Waals surface area contributed by atoms with Crippen LogP contribution in [0.1, 0.15) is 29.2 Å². The molecule has 0 fully saturated rings. The molecule has 0 aliphatic carbocycles. The molecule has 0 radical (unpaired) electrons. The second-order valence-electron chi connectivity index (χ2n) is 9.27. The van der Waals surface area contributed by atoms with Crippen LogP contribution in [0.2, 0.25) is 0 Å². The molecule has 0 spiro atoms. The number of rotatable bonds is 5. The fourth-order valence-corrected chi connectivity index (χ4v) is 5.29. The average Bonchev–Trinajstić information content (AvgIpc) is 3.23. The highest BCUT2D eigenvalue weighted by Gasteiger charge is 2.34. The van der Waals surface area contributed by atoms with E-state index >= 15 is 0 Å². The summed E-state index contributed by atoms with van der Waals surface area (Å²) in [4.78, 5) is 27.0. The number of aryl methyl sites for hydroxylation is 1. The molecule has 0 N–H and O–H groups in total. The van der Waals surface area contributed by atoms with Crippen molar-refractivity contribution in [2.45, 2.75) is 26.0 Å². The highest BCUT2D eigenvalue weighted by atomic mass is 16.5. The molecule has 5 aromatic rings. The summed E-state index contributed by atoms with van der Waals surface area (Å²) in [5.41, 5.74) is 6.73. The number of hydrogen-bond acceptors (Lipinski definition) is 3. The van der Waals surface area contributed by atoms with Crippen molar-refractivity contribution in [1.29, 1.82) is 0 Å². The van der Waals surface area contributed by atoms with Gasteiger partial charge in [0, 0.05) is 16.5 Å². The Morgan fingerprint density at radius 2 is 1.53 bits per heavy atom. The smallest absolute Gasteiger partial charge is 0.308 e. The van der Waals surface area contributed by atoms with Gasteiger partial charge in [0.15, 0.2) is 0 Å².